The van der Waals surface area contributed by atoms with Crippen molar-refractivity contribution in [2.75, 3.05) is 37.6 Å². The van der Waals surface area contributed by atoms with Crippen molar-refractivity contribution in [2.24, 2.45) is 5.92 Å². The Morgan fingerprint density at radius 3 is 2.50 bits per heavy atom. The van der Waals surface area contributed by atoms with E-state index in [1.807, 2.05) is 24.3 Å². The van der Waals surface area contributed by atoms with Crippen LogP contribution in [-0.2, 0) is 4.79 Å². The van der Waals surface area contributed by atoms with Gasteiger partial charge >= 0.3 is 0 Å². The summed E-state index contributed by atoms with van der Waals surface area (Å²) in [5.41, 5.74) is 1.07. The Morgan fingerprint density at radius 1 is 1.14 bits per heavy atom. The maximum atomic E-state index is 11.5. The predicted molar refractivity (Wildman–Crippen MR) is 114 cm³/mol. The molecule has 152 valence electrons. The van der Waals surface area contributed by atoms with Gasteiger partial charge in [0.1, 0.15) is 6.42 Å². The van der Waals surface area contributed by atoms with Gasteiger partial charge in [-0.05, 0) is 62.8 Å². The molecular weight excluding hydrogens is 395 g/mol. The summed E-state index contributed by atoms with van der Waals surface area (Å²) >= 11 is 12.3. The zero-order valence-electron chi connectivity index (χ0n) is 16.2. The van der Waals surface area contributed by atoms with E-state index in [4.69, 9.17) is 28.5 Å². The van der Waals surface area contributed by atoms with Crippen LogP contribution < -0.4 is 10.2 Å². The lowest BCUT2D eigenvalue weighted by Crippen LogP contribution is -2.47. The minimum absolute atomic E-state index is 0.0346. The molecule has 0 aromatic heterocycles. The highest BCUT2D eigenvalue weighted by Gasteiger charge is 2.24. The molecule has 1 amide bonds. The summed E-state index contributed by atoms with van der Waals surface area (Å²) in [4.78, 5) is 16.4. The lowest BCUT2D eigenvalue weighted by Gasteiger charge is -2.37. The van der Waals surface area contributed by atoms with Crippen LogP contribution in [0.15, 0.2) is 18.2 Å². The Labute approximate surface area is 177 Å². The average Bonchev–Trinajstić information content (AvgIpc) is 2.68. The van der Waals surface area contributed by atoms with Crippen molar-refractivity contribution in [3.8, 4) is 6.07 Å². The van der Waals surface area contributed by atoms with Gasteiger partial charge in [0.25, 0.3) is 0 Å². The highest BCUT2D eigenvalue weighted by Crippen LogP contribution is 2.30. The second kappa shape index (κ2) is 10.3. The highest BCUT2D eigenvalue weighted by atomic mass is 35.5. The van der Waals surface area contributed by atoms with Gasteiger partial charge in [-0.15, -0.1) is 0 Å². The van der Waals surface area contributed by atoms with E-state index in [0.29, 0.717) is 5.02 Å². The number of piperazine rings is 1. The standard InChI is InChI=1S/C21H28Cl2N4O/c22-17-3-6-20(19(23)15-17)27-13-11-26(12-14-27)10-8-16-1-4-18(5-2-16)25-21(28)7-9-24/h3,6,15-16,18H,1-2,4-5,7-8,10-14H2,(H,25,28)/t16-,18-. The topological polar surface area (TPSA) is 59.4 Å². The second-order valence-electron chi connectivity index (χ2n) is 7.83. The molecule has 1 heterocycles. The van der Waals surface area contributed by atoms with Gasteiger partial charge in [0.15, 0.2) is 0 Å². The molecule has 5 nitrogen and oxygen atoms in total. The van der Waals surface area contributed by atoms with Crippen molar-refractivity contribution in [3.63, 3.8) is 0 Å². The van der Waals surface area contributed by atoms with Gasteiger partial charge in [-0.3, -0.25) is 9.69 Å². The van der Waals surface area contributed by atoms with Crippen LogP contribution in [0.4, 0.5) is 5.69 Å². The molecule has 3 rings (SSSR count). The van der Waals surface area contributed by atoms with Crippen molar-refractivity contribution >= 4 is 34.8 Å². The lowest BCUT2D eigenvalue weighted by atomic mass is 9.84. The molecule has 0 spiro atoms. The van der Waals surface area contributed by atoms with E-state index in [0.717, 1.165) is 75.0 Å². The minimum atomic E-state index is -0.135. The van der Waals surface area contributed by atoms with E-state index in [-0.39, 0.29) is 18.4 Å². The molecule has 28 heavy (non-hydrogen) atoms. The molecule has 1 saturated carbocycles. The normalized spacial score (nSPS) is 23.2. The fraction of sp³-hybridized carbons (Fsp3) is 0.619. The first-order valence-electron chi connectivity index (χ1n) is 10.1. The zero-order valence-corrected chi connectivity index (χ0v) is 17.7. The quantitative estimate of drug-likeness (QED) is 0.749. The molecule has 1 aromatic rings. The maximum absolute atomic E-state index is 11.5. The van der Waals surface area contributed by atoms with Gasteiger partial charge in [0, 0.05) is 37.2 Å². The molecule has 2 fully saturated rings. The SMILES string of the molecule is N#CCC(=O)N[C@H]1CC[C@H](CCN2CCN(c3ccc(Cl)cc3Cl)CC2)CC1. The van der Waals surface area contributed by atoms with Crippen LogP contribution in [0.1, 0.15) is 38.5 Å². The number of hydrogen-bond acceptors (Lipinski definition) is 4. The number of amides is 1. The van der Waals surface area contributed by atoms with Gasteiger partial charge in [0.2, 0.25) is 5.91 Å². The van der Waals surface area contributed by atoms with E-state index < -0.39 is 0 Å². The molecule has 1 saturated heterocycles. The summed E-state index contributed by atoms with van der Waals surface area (Å²) in [5.74, 6) is 0.609. The van der Waals surface area contributed by atoms with Crippen LogP contribution in [0.25, 0.3) is 0 Å². The first-order chi connectivity index (χ1) is 13.5. The zero-order chi connectivity index (χ0) is 19.9. The fourth-order valence-corrected chi connectivity index (χ4v) is 4.79. The third-order valence-corrected chi connectivity index (χ3v) is 6.47. The van der Waals surface area contributed by atoms with E-state index in [2.05, 4.69) is 15.1 Å². The average molecular weight is 423 g/mol. The monoisotopic (exact) mass is 422 g/mol. The van der Waals surface area contributed by atoms with Gasteiger partial charge in [-0.2, -0.15) is 5.26 Å². The lowest BCUT2D eigenvalue weighted by molar-refractivity contribution is -0.121. The van der Waals surface area contributed by atoms with Gasteiger partial charge in [-0.25, -0.2) is 0 Å². The fourth-order valence-electron chi connectivity index (χ4n) is 4.26. The van der Waals surface area contributed by atoms with Crippen LogP contribution in [0, 0.1) is 17.2 Å². The predicted octanol–water partition coefficient (Wildman–Crippen LogP) is 4.09. The number of nitriles is 1. The van der Waals surface area contributed by atoms with E-state index in [9.17, 15) is 4.79 Å². The van der Waals surface area contributed by atoms with Crippen LogP contribution in [0.5, 0.6) is 0 Å². The number of carbonyl (C=O) groups is 1. The molecule has 0 unspecified atom stereocenters. The molecule has 1 aliphatic heterocycles. The van der Waals surface area contributed by atoms with Crippen molar-refractivity contribution < 1.29 is 4.79 Å². The van der Waals surface area contributed by atoms with Crippen LogP contribution >= 0.6 is 23.2 Å². The van der Waals surface area contributed by atoms with Crippen LogP contribution in [0.3, 0.4) is 0 Å². The number of rotatable bonds is 6. The van der Waals surface area contributed by atoms with Gasteiger partial charge in [-0.1, -0.05) is 23.2 Å². The van der Waals surface area contributed by atoms with Crippen molar-refractivity contribution in [1.29, 1.82) is 5.26 Å². The number of nitrogens with one attached hydrogen (secondary N) is 1. The first kappa shape index (κ1) is 21.2. The molecule has 0 atom stereocenters. The van der Waals surface area contributed by atoms with Crippen LogP contribution in [-0.4, -0.2) is 49.6 Å². The third-order valence-electron chi connectivity index (χ3n) is 5.93. The number of benzene rings is 1. The highest BCUT2D eigenvalue weighted by molar-refractivity contribution is 6.36. The third kappa shape index (κ3) is 6.01. The van der Waals surface area contributed by atoms with Crippen molar-refractivity contribution in [3.05, 3.63) is 28.2 Å². The molecule has 1 N–H and O–H groups in total. The Hall–Kier alpha value is -1.48. The minimum Gasteiger partial charge on any atom is -0.368 e. The molecule has 0 bridgehead atoms. The second-order valence-corrected chi connectivity index (χ2v) is 8.68. The summed E-state index contributed by atoms with van der Waals surface area (Å²) < 4.78 is 0. The molecular formula is C21H28Cl2N4O. The van der Waals surface area contributed by atoms with E-state index >= 15 is 0 Å². The smallest absolute Gasteiger partial charge is 0.234 e. The summed E-state index contributed by atoms with van der Waals surface area (Å²) in [6.45, 7) is 5.22. The Morgan fingerprint density at radius 2 is 1.86 bits per heavy atom. The molecule has 1 aromatic carbocycles. The molecule has 0 radical (unpaired) electrons. The molecule has 7 heteroatoms. The maximum Gasteiger partial charge on any atom is 0.234 e. The first-order valence-corrected chi connectivity index (χ1v) is 10.9. The van der Waals surface area contributed by atoms with Gasteiger partial charge < -0.3 is 10.2 Å². The van der Waals surface area contributed by atoms with Crippen molar-refractivity contribution in [1.82, 2.24) is 10.2 Å². The Kier molecular flexibility index (Phi) is 7.84. The summed E-state index contributed by atoms with van der Waals surface area (Å²) in [5, 5.41) is 12.9. The number of anilines is 1. The van der Waals surface area contributed by atoms with E-state index in [1.54, 1.807) is 0 Å². The summed E-state index contributed by atoms with van der Waals surface area (Å²) in [7, 11) is 0. The molecule has 1 aliphatic carbocycles. The number of carbonyl (C=O) groups excluding carboxylic acids is 1. The summed E-state index contributed by atoms with van der Waals surface area (Å²) in [6.07, 6.45) is 5.58. The number of nitrogens with zero attached hydrogens (tertiary/aromatic N) is 3. The number of hydrogen-bond donors (Lipinski definition) is 1. The van der Waals surface area contributed by atoms with Gasteiger partial charge in [0.05, 0.1) is 16.8 Å². The largest absolute Gasteiger partial charge is 0.368 e. The summed E-state index contributed by atoms with van der Waals surface area (Å²) in [6, 6.07) is 7.88. The molecule has 2 aliphatic rings. The number of halogens is 2. The Bertz CT molecular complexity index is 705. The van der Waals surface area contributed by atoms with E-state index in [1.165, 1.54) is 6.42 Å². The van der Waals surface area contributed by atoms with Crippen molar-refractivity contribution in [2.45, 2.75) is 44.6 Å². The van der Waals surface area contributed by atoms with Crippen LogP contribution in [0.2, 0.25) is 10.0 Å². The Balaban J connectivity index is 1.35.